The summed E-state index contributed by atoms with van der Waals surface area (Å²) in [6, 6.07) is 5.97. The van der Waals surface area contributed by atoms with Crippen molar-refractivity contribution in [2.75, 3.05) is 13.7 Å². The van der Waals surface area contributed by atoms with E-state index in [0.29, 0.717) is 22.8 Å². The van der Waals surface area contributed by atoms with Crippen LogP contribution >= 0.6 is 0 Å². The molecule has 0 aliphatic carbocycles. The van der Waals surface area contributed by atoms with Gasteiger partial charge in [-0.1, -0.05) is 6.07 Å². The number of methoxy groups -OCH3 is 1. The lowest BCUT2D eigenvalue weighted by molar-refractivity contribution is -0.141. The number of carbonyl (C=O) groups is 1. The fraction of sp³-hybridized carbons (Fsp3) is 0.200. The number of imidazole rings is 2. The fourth-order valence-electron chi connectivity index (χ4n) is 4.69. The maximum absolute atomic E-state index is 14.5. The van der Waals surface area contributed by atoms with E-state index in [2.05, 4.69) is 19.8 Å². The molecule has 11 nitrogen and oxygen atoms in total. The summed E-state index contributed by atoms with van der Waals surface area (Å²) in [5, 5.41) is 0. The second kappa shape index (κ2) is 8.77. The van der Waals surface area contributed by atoms with Crippen molar-refractivity contribution in [3.05, 3.63) is 82.0 Å². The highest BCUT2D eigenvalue weighted by Gasteiger charge is 2.31. The van der Waals surface area contributed by atoms with E-state index in [9.17, 15) is 18.4 Å². The van der Waals surface area contributed by atoms with Crippen molar-refractivity contribution in [1.82, 2.24) is 28.7 Å². The van der Waals surface area contributed by atoms with Gasteiger partial charge < -0.3 is 9.47 Å². The van der Waals surface area contributed by atoms with Gasteiger partial charge in [0.2, 0.25) is 5.95 Å². The van der Waals surface area contributed by atoms with Gasteiger partial charge in [-0.25, -0.2) is 28.4 Å². The summed E-state index contributed by atoms with van der Waals surface area (Å²) < 4.78 is 43.0. The second-order valence-electron chi connectivity index (χ2n) is 8.55. The quantitative estimate of drug-likeness (QED) is 0.266. The second-order valence-corrected chi connectivity index (χ2v) is 8.55. The van der Waals surface area contributed by atoms with Gasteiger partial charge in [-0.2, -0.15) is 4.98 Å². The number of carbonyl (C=O) groups excluding carboxylic acids is 1. The summed E-state index contributed by atoms with van der Waals surface area (Å²) in [6.07, 6.45) is 3.09. The van der Waals surface area contributed by atoms with E-state index in [-0.39, 0.29) is 41.5 Å². The lowest BCUT2D eigenvalue weighted by Gasteiger charge is -2.27. The molecule has 4 heterocycles. The maximum atomic E-state index is 14.5. The minimum Gasteiger partial charge on any atom is -0.490 e. The van der Waals surface area contributed by atoms with Crippen LogP contribution in [0.4, 0.5) is 14.5 Å². The third-order valence-corrected chi connectivity index (χ3v) is 6.43. The minimum atomic E-state index is -0.883. The molecule has 1 aliphatic rings. The number of nitrogens with zero attached hydrogens (tertiary/aromatic N) is 7. The molecule has 6 rings (SSSR count). The highest BCUT2D eigenvalue weighted by Crippen LogP contribution is 2.38. The topological polar surface area (TPSA) is 110 Å². The number of hydrogen-bond acceptors (Lipinski definition) is 7. The van der Waals surface area contributed by atoms with E-state index in [1.165, 1.54) is 24.2 Å². The zero-order valence-corrected chi connectivity index (χ0v) is 19.8. The van der Waals surface area contributed by atoms with E-state index < -0.39 is 35.9 Å². The molecule has 0 unspecified atom stereocenters. The van der Waals surface area contributed by atoms with Crippen LogP contribution in [-0.4, -0.2) is 48.3 Å². The SMILES string of the molecule is [C-]#[N+]c1ccc2ncn(-c3ncc4c(n3)n([C@@H]3CCOc5c(F)cc(F)cc53)c(=O)n4CC(=O)OC)c2c1. The van der Waals surface area contributed by atoms with Crippen molar-refractivity contribution in [2.24, 2.45) is 0 Å². The number of aromatic nitrogens is 6. The Kier molecular flexibility index (Phi) is 5.37. The Morgan fingerprint density at radius 3 is 2.87 bits per heavy atom. The van der Waals surface area contributed by atoms with E-state index in [0.717, 1.165) is 10.6 Å². The molecule has 5 aromatic rings. The van der Waals surface area contributed by atoms with Gasteiger partial charge in [-0.15, -0.1) is 0 Å². The van der Waals surface area contributed by atoms with Crippen LogP contribution in [0.2, 0.25) is 0 Å². The van der Waals surface area contributed by atoms with Gasteiger partial charge >= 0.3 is 11.7 Å². The predicted octanol–water partition coefficient (Wildman–Crippen LogP) is 3.31. The minimum absolute atomic E-state index is 0.0693. The molecule has 13 heteroatoms. The highest BCUT2D eigenvalue weighted by molar-refractivity contribution is 5.82. The fourth-order valence-corrected chi connectivity index (χ4v) is 4.69. The summed E-state index contributed by atoms with van der Waals surface area (Å²) in [5.74, 6) is -2.38. The molecular weight excluding hydrogens is 500 g/mol. The smallest absolute Gasteiger partial charge is 0.331 e. The van der Waals surface area contributed by atoms with Crippen LogP contribution in [0.15, 0.2) is 47.7 Å². The molecule has 0 saturated heterocycles. The third kappa shape index (κ3) is 3.57. The standard InChI is InChI=1S/C25H17F2N7O4/c1-28-14-3-4-17-19(9-14)33(12-30-17)24-29-10-20-23(31-24)34(25(36)32(20)11-21(35)37-2)18-5-6-38-22-15(18)7-13(26)8-16(22)27/h3-4,7-10,12,18H,5-6,11H2,2H3/t18-/m1/s1. The van der Waals surface area contributed by atoms with E-state index >= 15 is 0 Å². The molecule has 0 spiro atoms. The summed E-state index contributed by atoms with van der Waals surface area (Å²) in [7, 11) is 1.20. The van der Waals surface area contributed by atoms with Gasteiger partial charge in [0.1, 0.15) is 24.2 Å². The first kappa shape index (κ1) is 23.3. The predicted molar refractivity (Wildman–Crippen MR) is 129 cm³/mol. The van der Waals surface area contributed by atoms with Crippen LogP contribution in [0.5, 0.6) is 5.75 Å². The van der Waals surface area contributed by atoms with Crippen LogP contribution in [-0.2, 0) is 16.1 Å². The van der Waals surface area contributed by atoms with Crippen molar-refractivity contribution in [1.29, 1.82) is 0 Å². The lowest BCUT2D eigenvalue weighted by Crippen LogP contribution is -2.32. The van der Waals surface area contributed by atoms with Gasteiger partial charge in [0, 0.05) is 18.1 Å². The summed E-state index contributed by atoms with van der Waals surface area (Å²) in [4.78, 5) is 42.6. The van der Waals surface area contributed by atoms with Crippen LogP contribution in [0.1, 0.15) is 18.0 Å². The number of fused-ring (bicyclic) bond motifs is 3. The van der Waals surface area contributed by atoms with E-state index in [4.69, 9.17) is 16.0 Å². The first-order valence-electron chi connectivity index (χ1n) is 11.4. The molecule has 0 fully saturated rings. The maximum Gasteiger partial charge on any atom is 0.331 e. The van der Waals surface area contributed by atoms with Crippen molar-refractivity contribution >= 4 is 33.9 Å². The molecule has 1 atom stereocenters. The Morgan fingerprint density at radius 1 is 1.24 bits per heavy atom. The van der Waals surface area contributed by atoms with Crippen molar-refractivity contribution in [2.45, 2.75) is 19.0 Å². The zero-order chi connectivity index (χ0) is 26.6. The van der Waals surface area contributed by atoms with Gasteiger partial charge in [-0.05, 0) is 18.2 Å². The molecule has 3 aromatic heterocycles. The van der Waals surface area contributed by atoms with Crippen LogP contribution in [0, 0.1) is 18.2 Å². The van der Waals surface area contributed by atoms with Crippen molar-refractivity contribution in [3.8, 4) is 11.7 Å². The molecule has 2 aromatic carbocycles. The Balaban J connectivity index is 1.61. The number of hydrogen-bond donors (Lipinski definition) is 0. The molecule has 1 aliphatic heterocycles. The number of rotatable bonds is 4. The van der Waals surface area contributed by atoms with Gasteiger partial charge in [0.15, 0.2) is 22.9 Å². The van der Waals surface area contributed by atoms with E-state index in [1.807, 2.05) is 0 Å². The Morgan fingerprint density at radius 2 is 2.08 bits per heavy atom. The van der Waals surface area contributed by atoms with E-state index in [1.54, 1.807) is 22.8 Å². The monoisotopic (exact) mass is 517 g/mol. The Hall–Kier alpha value is -5.12. The Bertz CT molecular complexity index is 1870. The molecule has 0 amide bonds. The highest BCUT2D eigenvalue weighted by atomic mass is 19.1. The van der Waals surface area contributed by atoms with Gasteiger partial charge in [-0.3, -0.25) is 18.5 Å². The number of ether oxygens (including phenoxy) is 2. The Labute approximate surface area is 212 Å². The lowest BCUT2D eigenvalue weighted by atomic mass is 10.00. The first-order valence-corrected chi connectivity index (χ1v) is 11.4. The molecule has 0 radical (unpaired) electrons. The van der Waals surface area contributed by atoms with Gasteiger partial charge in [0.25, 0.3) is 0 Å². The van der Waals surface area contributed by atoms with Crippen LogP contribution < -0.4 is 10.4 Å². The summed E-state index contributed by atoms with van der Waals surface area (Å²) >= 11 is 0. The van der Waals surface area contributed by atoms with Gasteiger partial charge in [0.05, 0.1) is 43.6 Å². The molecule has 0 bridgehead atoms. The molecule has 38 heavy (non-hydrogen) atoms. The number of halogens is 2. The van der Waals surface area contributed by atoms with Crippen molar-refractivity contribution < 1.29 is 23.0 Å². The molecule has 190 valence electrons. The summed E-state index contributed by atoms with van der Waals surface area (Å²) in [6.45, 7) is 6.96. The number of esters is 1. The molecule has 0 N–H and O–H groups in total. The average molecular weight is 517 g/mol. The average Bonchev–Trinajstić information content (AvgIpc) is 3.46. The number of benzene rings is 2. The van der Waals surface area contributed by atoms with Crippen LogP contribution in [0.3, 0.4) is 0 Å². The molecule has 0 saturated carbocycles. The first-order chi connectivity index (χ1) is 18.4. The van der Waals surface area contributed by atoms with Crippen molar-refractivity contribution in [3.63, 3.8) is 0 Å². The normalized spacial score (nSPS) is 14.7. The zero-order valence-electron chi connectivity index (χ0n) is 19.8. The third-order valence-electron chi connectivity index (χ3n) is 6.43. The largest absolute Gasteiger partial charge is 0.490 e. The van der Waals surface area contributed by atoms with Crippen LogP contribution in [0.25, 0.3) is 33.0 Å². The molecular formula is C25H17F2N7O4. The summed E-state index contributed by atoms with van der Waals surface area (Å²) in [5.41, 5.74) is 1.43.